The van der Waals surface area contributed by atoms with Gasteiger partial charge in [0, 0.05) is 24.6 Å². The summed E-state index contributed by atoms with van der Waals surface area (Å²) in [6.07, 6.45) is 2.96. The predicted octanol–water partition coefficient (Wildman–Crippen LogP) is 0.886. The van der Waals surface area contributed by atoms with E-state index < -0.39 is 11.9 Å². The van der Waals surface area contributed by atoms with E-state index >= 15 is 0 Å². The fourth-order valence-corrected chi connectivity index (χ4v) is 1.53. The van der Waals surface area contributed by atoms with E-state index in [1.165, 1.54) is 18.5 Å². The van der Waals surface area contributed by atoms with Gasteiger partial charge in [-0.15, -0.1) is 0 Å². The minimum atomic E-state index is -1.07. The van der Waals surface area contributed by atoms with Crippen molar-refractivity contribution in [1.29, 1.82) is 0 Å². The summed E-state index contributed by atoms with van der Waals surface area (Å²) in [5, 5.41) is 11.8. The van der Waals surface area contributed by atoms with Crippen LogP contribution in [0.25, 0.3) is 0 Å². The molecule has 1 amide bonds. The number of aromatic nitrogens is 2. The van der Waals surface area contributed by atoms with Crippen molar-refractivity contribution >= 4 is 17.6 Å². The van der Waals surface area contributed by atoms with Crippen LogP contribution < -0.4 is 11.1 Å². The maximum Gasteiger partial charge on any atom is 0.354 e. The van der Waals surface area contributed by atoms with Gasteiger partial charge in [-0.05, 0) is 23.8 Å². The van der Waals surface area contributed by atoms with Gasteiger partial charge >= 0.3 is 5.97 Å². The highest BCUT2D eigenvalue weighted by molar-refractivity contribution is 5.91. The van der Waals surface area contributed by atoms with E-state index in [4.69, 9.17) is 10.8 Å². The third kappa shape index (κ3) is 3.29. The molecule has 0 saturated carbocycles. The van der Waals surface area contributed by atoms with E-state index in [1.807, 2.05) is 0 Å². The molecule has 102 valence electrons. The van der Waals surface area contributed by atoms with Crippen molar-refractivity contribution in [1.82, 2.24) is 9.97 Å². The molecule has 2 heterocycles. The molecule has 0 atom stereocenters. The molecule has 4 N–H and O–H groups in total. The van der Waals surface area contributed by atoms with Gasteiger partial charge in [0.1, 0.15) is 11.4 Å². The van der Waals surface area contributed by atoms with Crippen LogP contribution in [0.15, 0.2) is 36.7 Å². The number of anilines is 1. The van der Waals surface area contributed by atoms with Crippen molar-refractivity contribution in [3.63, 3.8) is 0 Å². The Balaban J connectivity index is 2.03. The van der Waals surface area contributed by atoms with Gasteiger partial charge in [0.2, 0.25) is 0 Å². The summed E-state index contributed by atoms with van der Waals surface area (Å²) in [5.74, 6) is -1.66. The molecule has 0 spiro atoms. The number of rotatable bonds is 5. The van der Waals surface area contributed by atoms with Crippen molar-refractivity contribution in [3.8, 4) is 0 Å². The summed E-state index contributed by atoms with van der Waals surface area (Å²) in [5.41, 5.74) is 6.81. The number of carboxylic acids is 1. The number of hydrogen-bond donors (Lipinski definition) is 3. The number of nitrogens with one attached hydrogen (secondary N) is 1. The maximum absolute atomic E-state index is 11.0. The normalized spacial score (nSPS) is 10.0. The number of pyridine rings is 2. The van der Waals surface area contributed by atoms with Crippen LogP contribution in [0.4, 0.5) is 5.69 Å². The SMILES string of the molecule is NC(=O)c1cc(NCc2ccc(C(=O)O)nc2)ccn1. The fraction of sp³-hybridized carbons (Fsp3) is 0.0769. The van der Waals surface area contributed by atoms with Crippen molar-refractivity contribution in [2.24, 2.45) is 5.73 Å². The van der Waals surface area contributed by atoms with Gasteiger partial charge in [0.15, 0.2) is 0 Å². The summed E-state index contributed by atoms with van der Waals surface area (Å²) < 4.78 is 0. The summed E-state index contributed by atoms with van der Waals surface area (Å²) in [6.45, 7) is 0.440. The second-order valence-corrected chi connectivity index (χ2v) is 4.00. The van der Waals surface area contributed by atoms with Crippen molar-refractivity contribution in [3.05, 3.63) is 53.6 Å². The zero-order chi connectivity index (χ0) is 14.5. The molecular formula is C13H12N4O3. The van der Waals surface area contributed by atoms with Crippen LogP contribution in [0.3, 0.4) is 0 Å². The number of amides is 1. The van der Waals surface area contributed by atoms with E-state index in [0.717, 1.165) is 5.56 Å². The highest BCUT2D eigenvalue weighted by atomic mass is 16.4. The molecule has 7 nitrogen and oxygen atoms in total. The maximum atomic E-state index is 11.0. The number of nitrogens with two attached hydrogens (primary N) is 1. The fourth-order valence-electron chi connectivity index (χ4n) is 1.53. The van der Waals surface area contributed by atoms with Gasteiger partial charge in [-0.1, -0.05) is 6.07 Å². The van der Waals surface area contributed by atoms with Crippen LogP contribution in [0.1, 0.15) is 26.5 Å². The monoisotopic (exact) mass is 272 g/mol. The molecule has 20 heavy (non-hydrogen) atoms. The lowest BCUT2D eigenvalue weighted by molar-refractivity contribution is 0.0690. The molecule has 2 rings (SSSR count). The molecule has 0 aliphatic heterocycles. The predicted molar refractivity (Wildman–Crippen MR) is 71.3 cm³/mol. The van der Waals surface area contributed by atoms with Crippen LogP contribution >= 0.6 is 0 Å². The largest absolute Gasteiger partial charge is 0.477 e. The standard InChI is InChI=1S/C13H12N4O3/c14-12(18)11-5-9(3-4-15-11)16-6-8-1-2-10(13(19)20)17-7-8/h1-5,7H,6H2,(H2,14,18)(H,15,16)(H,19,20). The first kappa shape index (κ1) is 13.5. The molecule has 2 aromatic heterocycles. The van der Waals surface area contributed by atoms with Crippen LogP contribution in [0, 0.1) is 0 Å². The quantitative estimate of drug-likeness (QED) is 0.743. The minimum Gasteiger partial charge on any atom is -0.477 e. The number of hydrogen-bond acceptors (Lipinski definition) is 5. The zero-order valence-corrected chi connectivity index (χ0v) is 10.4. The van der Waals surface area contributed by atoms with E-state index in [1.54, 1.807) is 18.2 Å². The van der Waals surface area contributed by atoms with E-state index in [9.17, 15) is 9.59 Å². The molecule has 0 fully saturated rings. The third-order valence-corrected chi connectivity index (χ3v) is 2.55. The first-order valence-electron chi connectivity index (χ1n) is 5.74. The first-order chi connectivity index (χ1) is 9.56. The van der Waals surface area contributed by atoms with E-state index in [0.29, 0.717) is 12.2 Å². The lowest BCUT2D eigenvalue weighted by Gasteiger charge is -2.07. The van der Waals surface area contributed by atoms with E-state index in [2.05, 4.69) is 15.3 Å². The Morgan fingerprint density at radius 1 is 1.20 bits per heavy atom. The second-order valence-electron chi connectivity index (χ2n) is 4.00. The van der Waals surface area contributed by atoms with Crippen molar-refractivity contribution in [2.45, 2.75) is 6.54 Å². The van der Waals surface area contributed by atoms with E-state index in [-0.39, 0.29) is 11.4 Å². The average Bonchev–Trinajstić information content (AvgIpc) is 2.46. The van der Waals surface area contributed by atoms with Gasteiger partial charge in [0.05, 0.1) is 0 Å². The van der Waals surface area contributed by atoms with Gasteiger partial charge in [-0.25, -0.2) is 9.78 Å². The Labute approximate surface area is 114 Å². The summed E-state index contributed by atoms with van der Waals surface area (Å²) >= 11 is 0. The van der Waals surface area contributed by atoms with Crippen LogP contribution in [-0.4, -0.2) is 27.0 Å². The third-order valence-electron chi connectivity index (χ3n) is 2.55. The number of carbonyl (C=O) groups excluding carboxylic acids is 1. The molecule has 7 heteroatoms. The summed E-state index contributed by atoms with van der Waals surface area (Å²) in [6, 6.07) is 6.34. The Hall–Kier alpha value is -2.96. The Kier molecular flexibility index (Phi) is 3.90. The second kappa shape index (κ2) is 5.79. The van der Waals surface area contributed by atoms with Gasteiger partial charge in [-0.3, -0.25) is 9.78 Å². The molecule has 0 unspecified atom stereocenters. The summed E-state index contributed by atoms with van der Waals surface area (Å²) in [7, 11) is 0. The number of aromatic carboxylic acids is 1. The molecule has 0 bridgehead atoms. The van der Waals surface area contributed by atoms with Crippen LogP contribution in [0.2, 0.25) is 0 Å². The van der Waals surface area contributed by atoms with Crippen LogP contribution in [0.5, 0.6) is 0 Å². The molecule has 0 radical (unpaired) electrons. The first-order valence-corrected chi connectivity index (χ1v) is 5.74. The van der Waals surface area contributed by atoms with Crippen molar-refractivity contribution in [2.75, 3.05) is 5.32 Å². The van der Waals surface area contributed by atoms with Crippen molar-refractivity contribution < 1.29 is 14.7 Å². The molecule has 2 aromatic rings. The van der Waals surface area contributed by atoms with Crippen LogP contribution in [-0.2, 0) is 6.54 Å². The Morgan fingerprint density at radius 3 is 2.60 bits per heavy atom. The number of nitrogens with zero attached hydrogens (tertiary/aromatic N) is 2. The average molecular weight is 272 g/mol. The highest BCUT2D eigenvalue weighted by Crippen LogP contribution is 2.10. The number of carboxylic acid groups (broad SMARTS) is 1. The number of primary amides is 1. The molecular weight excluding hydrogens is 260 g/mol. The van der Waals surface area contributed by atoms with Gasteiger partial charge in [0.25, 0.3) is 5.91 Å². The summed E-state index contributed by atoms with van der Waals surface area (Å²) in [4.78, 5) is 29.3. The molecule has 0 aliphatic carbocycles. The topological polar surface area (TPSA) is 118 Å². The lowest BCUT2D eigenvalue weighted by atomic mass is 10.2. The van der Waals surface area contributed by atoms with Gasteiger partial charge < -0.3 is 16.2 Å². The smallest absolute Gasteiger partial charge is 0.354 e. The highest BCUT2D eigenvalue weighted by Gasteiger charge is 2.05. The van der Waals surface area contributed by atoms with Gasteiger partial charge in [-0.2, -0.15) is 0 Å². The minimum absolute atomic E-state index is 0.00586. The molecule has 0 saturated heterocycles. The number of carbonyl (C=O) groups is 2. The molecule has 0 aromatic carbocycles. The Morgan fingerprint density at radius 2 is 2.00 bits per heavy atom. The lowest BCUT2D eigenvalue weighted by Crippen LogP contribution is -2.13. The Bertz CT molecular complexity index is 640. The zero-order valence-electron chi connectivity index (χ0n) is 10.4. The molecule has 0 aliphatic rings.